The third-order valence-corrected chi connectivity index (χ3v) is 6.73. The molecule has 32 heavy (non-hydrogen) atoms. The Labute approximate surface area is 195 Å². The highest BCUT2D eigenvalue weighted by molar-refractivity contribution is 9.10. The Morgan fingerprint density at radius 2 is 1.09 bits per heavy atom. The van der Waals surface area contributed by atoms with Crippen molar-refractivity contribution in [3.8, 4) is 27.9 Å². The predicted molar refractivity (Wildman–Crippen MR) is 139 cm³/mol. The van der Waals surface area contributed by atoms with E-state index < -0.39 is 0 Å². The monoisotopic (exact) mass is 473 g/mol. The maximum atomic E-state index is 3.80. The molecule has 0 aliphatic carbocycles. The number of rotatable bonds is 3. The zero-order valence-corrected chi connectivity index (χ0v) is 19.0. The van der Waals surface area contributed by atoms with Gasteiger partial charge in [-0.1, -0.05) is 101 Å². The standard InChI is InChI=1S/C30H20BrN/c31-28-20-23(15-17-25(28)21-9-3-1-4-10-21)22-16-18-30-27(19-22)26-13-7-8-14-29(26)32(30)24-11-5-2-6-12-24/h1-20H. The maximum Gasteiger partial charge on any atom is 0.0541 e. The van der Waals surface area contributed by atoms with E-state index in [1.807, 2.05) is 6.07 Å². The Balaban J connectivity index is 1.52. The third kappa shape index (κ3) is 3.16. The van der Waals surface area contributed by atoms with Gasteiger partial charge >= 0.3 is 0 Å². The van der Waals surface area contributed by atoms with Gasteiger partial charge in [0.25, 0.3) is 0 Å². The fourth-order valence-electron chi connectivity index (χ4n) is 4.55. The van der Waals surface area contributed by atoms with Gasteiger partial charge in [-0.2, -0.15) is 0 Å². The van der Waals surface area contributed by atoms with Crippen LogP contribution in [0.25, 0.3) is 49.7 Å². The van der Waals surface area contributed by atoms with Gasteiger partial charge in [0, 0.05) is 20.9 Å². The van der Waals surface area contributed by atoms with Crippen LogP contribution in [0.3, 0.4) is 0 Å². The highest BCUT2D eigenvalue weighted by atomic mass is 79.9. The first-order valence-corrected chi connectivity index (χ1v) is 11.5. The van der Waals surface area contributed by atoms with E-state index in [4.69, 9.17) is 0 Å². The molecule has 0 aliphatic heterocycles. The van der Waals surface area contributed by atoms with Crippen LogP contribution in [-0.2, 0) is 0 Å². The molecule has 0 unspecified atom stereocenters. The van der Waals surface area contributed by atoms with Gasteiger partial charge in [0.1, 0.15) is 0 Å². The van der Waals surface area contributed by atoms with Crippen molar-refractivity contribution in [2.45, 2.75) is 0 Å². The summed E-state index contributed by atoms with van der Waals surface area (Å²) in [6.45, 7) is 0. The lowest BCUT2D eigenvalue weighted by atomic mass is 9.99. The topological polar surface area (TPSA) is 4.93 Å². The van der Waals surface area contributed by atoms with Gasteiger partial charge in [0.15, 0.2) is 0 Å². The summed E-state index contributed by atoms with van der Waals surface area (Å²) in [5.41, 5.74) is 8.47. The van der Waals surface area contributed by atoms with Crippen molar-refractivity contribution in [1.29, 1.82) is 0 Å². The fourth-order valence-corrected chi connectivity index (χ4v) is 5.16. The summed E-state index contributed by atoms with van der Waals surface area (Å²) in [5.74, 6) is 0. The molecule has 0 fully saturated rings. The molecule has 0 radical (unpaired) electrons. The Kier molecular flexibility index (Phi) is 4.66. The van der Waals surface area contributed by atoms with Crippen LogP contribution in [0.2, 0.25) is 0 Å². The van der Waals surface area contributed by atoms with Crippen LogP contribution >= 0.6 is 15.9 Å². The number of para-hydroxylation sites is 2. The van der Waals surface area contributed by atoms with Gasteiger partial charge in [0.05, 0.1) is 11.0 Å². The fraction of sp³-hybridized carbons (Fsp3) is 0. The lowest BCUT2D eigenvalue weighted by molar-refractivity contribution is 1.18. The number of benzene rings is 5. The van der Waals surface area contributed by atoms with Crippen LogP contribution in [0.5, 0.6) is 0 Å². The second kappa shape index (κ2) is 7.81. The lowest BCUT2D eigenvalue weighted by Crippen LogP contribution is -1.92. The van der Waals surface area contributed by atoms with Crippen LogP contribution < -0.4 is 0 Å². The minimum Gasteiger partial charge on any atom is -0.309 e. The number of hydrogen-bond acceptors (Lipinski definition) is 0. The molecule has 1 aromatic heterocycles. The molecular weight excluding hydrogens is 454 g/mol. The van der Waals surface area contributed by atoms with Crippen molar-refractivity contribution >= 4 is 37.7 Å². The summed E-state index contributed by atoms with van der Waals surface area (Å²) in [5, 5.41) is 2.54. The maximum absolute atomic E-state index is 3.80. The molecule has 1 nitrogen and oxygen atoms in total. The summed E-state index contributed by atoms with van der Waals surface area (Å²) in [6.07, 6.45) is 0. The number of halogens is 1. The van der Waals surface area contributed by atoms with E-state index in [1.165, 1.54) is 49.7 Å². The number of hydrogen-bond donors (Lipinski definition) is 0. The lowest BCUT2D eigenvalue weighted by Gasteiger charge is -2.10. The van der Waals surface area contributed by atoms with E-state index in [0.29, 0.717) is 0 Å². The largest absolute Gasteiger partial charge is 0.309 e. The molecule has 0 atom stereocenters. The molecular formula is C30H20BrN. The van der Waals surface area contributed by atoms with E-state index in [1.54, 1.807) is 0 Å². The van der Waals surface area contributed by atoms with Gasteiger partial charge in [0.2, 0.25) is 0 Å². The van der Waals surface area contributed by atoms with Crippen molar-refractivity contribution < 1.29 is 0 Å². The molecule has 0 bridgehead atoms. The van der Waals surface area contributed by atoms with Crippen LogP contribution in [0.4, 0.5) is 0 Å². The molecule has 1 heterocycles. The Morgan fingerprint density at radius 1 is 0.469 bits per heavy atom. The Morgan fingerprint density at radius 3 is 1.88 bits per heavy atom. The molecule has 0 aliphatic rings. The van der Waals surface area contributed by atoms with Gasteiger partial charge in [-0.05, 0) is 58.7 Å². The average molecular weight is 474 g/mol. The van der Waals surface area contributed by atoms with Crippen LogP contribution in [0.15, 0.2) is 126 Å². The summed E-state index contributed by atoms with van der Waals surface area (Å²) in [7, 11) is 0. The summed E-state index contributed by atoms with van der Waals surface area (Å²) >= 11 is 3.80. The summed E-state index contributed by atoms with van der Waals surface area (Å²) in [4.78, 5) is 0. The van der Waals surface area contributed by atoms with Gasteiger partial charge in [-0.15, -0.1) is 0 Å². The summed E-state index contributed by atoms with van der Waals surface area (Å²) < 4.78 is 3.45. The zero-order chi connectivity index (χ0) is 21.5. The number of fused-ring (bicyclic) bond motifs is 3. The first-order chi connectivity index (χ1) is 15.8. The normalized spacial score (nSPS) is 11.3. The first kappa shape index (κ1) is 19.1. The Hall–Kier alpha value is -3.62. The SMILES string of the molecule is Brc1cc(-c2ccc3c(c2)c2ccccc2n3-c2ccccc2)ccc1-c1ccccc1. The van der Waals surface area contributed by atoms with Crippen molar-refractivity contribution in [2.24, 2.45) is 0 Å². The highest BCUT2D eigenvalue weighted by Gasteiger charge is 2.13. The summed E-state index contributed by atoms with van der Waals surface area (Å²) in [6, 6.07) is 43.1. The average Bonchev–Trinajstić information content (AvgIpc) is 3.19. The molecule has 0 spiro atoms. The number of nitrogens with zero attached hydrogens (tertiary/aromatic N) is 1. The quantitative estimate of drug-likeness (QED) is 0.241. The van der Waals surface area contributed by atoms with E-state index in [9.17, 15) is 0 Å². The van der Waals surface area contributed by atoms with Gasteiger partial charge in [-0.25, -0.2) is 0 Å². The van der Waals surface area contributed by atoms with E-state index >= 15 is 0 Å². The molecule has 2 heteroatoms. The van der Waals surface area contributed by atoms with Crippen LogP contribution in [0, 0.1) is 0 Å². The molecule has 0 saturated carbocycles. The van der Waals surface area contributed by atoms with E-state index in [-0.39, 0.29) is 0 Å². The molecule has 6 aromatic rings. The van der Waals surface area contributed by atoms with Gasteiger partial charge < -0.3 is 4.57 Å². The number of aromatic nitrogens is 1. The molecule has 6 rings (SSSR count). The zero-order valence-electron chi connectivity index (χ0n) is 17.4. The van der Waals surface area contributed by atoms with Crippen LogP contribution in [-0.4, -0.2) is 4.57 Å². The first-order valence-electron chi connectivity index (χ1n) is 10.7. The second-order valence-electron chi connectivity index (χ2n) is 7.98. The predicted octanol–water partition coefficient (Wildman–Crippen LogP) is 8.88. The smallest absolute Gasteiger partial charge is 0.0541 e. The molecule has 0 amide bonds. The molecule has 5 aromatic carbocycles. The highest BCUT2D eigenvalue weighted by Crippen LogP contribution is 2.37. The molecule has 0 N–H and O–H groups in total. The minimum atomic E-state index is 1.10. The third-order valence-electron chi connectivity index (χ3n) is 6.07. The van der Waals surface area contributed by atoms with E-state index in [0.717, 1.165) is 4.47 Å². The van der Waals surface area contributed by atoms with Crippen molar-refractivity contribution in [3.05, 3.63) is 126 Å². The molecule has 0 saturated heterocycles. The van der Waals surface area contributed by atoms with Crippen molar-refractivity contribution in [2.75, 3.05) is 0 Å². The van der Waals surface area contributed by atoms with Crippen molar-refractivity contribution in [3.63, 3.8) is 0 Å². The molecule has 152 valence electrons. The van der Waals surface area contributed by atoms with Gasteiger partial charge in [-0.3, -0.25) is 0 Å². The minimum absolute atomic E-state index is 1.10. The second-order valence-corrected chi connectivity index (χ2v) is 8.84. The van der Waals surface area contributed by atoms with E-state index in [2.05, 4.69) is 136 Å². The van der Waals surface area contributed by atoms with Crippen LogP contribution in [0.1, 0.15) is 0 Å². The van der Waals surface area contributed by atoms with Crippen molar-refractivity contribution in [1.82, 2.24) is 4.57 Å². The Bertz CT molecular complexity index is 1560.